The van der Waals surface area contributed by atoms with Crippen LogP contribution in [0.4, 0.5) is 0 Å². The van der Waals surface area contributed by atoms with Crippen molar-refractivity contribution in [3.63, 3.8) is 0 Å². The zero-order valence-electron chi connectivity index (χ0n) is 9.96. The van der Waals surface area contributed by atoms with Crippen molar-refractivity contribution in [2.75, 3.05) is 20.2 Å². The van der Waals surface area contributed by atoms with Crippen LogP contribution in [-0.2, 0) is 19.0 Å². The molecule has 6 nitrogen and oxygen atoms in total. The summed E-state index contributed by atoms with van der Waals surface area (Å²) >= 11 is 0. The van der Waals surface area contributed by atoms with E-state index in [0.717, 1.165) is 0 Å². The topological polar surface area (TPSA) is 71.1 Å². The lowest BCUT2D eigenvalue weighted by Gasteiger charge is -2.06. The molecule has 0 spiro atoms. The molecule has 18 heavy (non-hydrogen) atoms. The fourth-order valence-electron chi connectivity index (χ4n) is 1.08. The Hall–Kier alpha value is -2.08. The van der Waals surface area contributed by atoms with Crippen LogP contribution in [0.3, 0.4) is 0 Å². The van der Waals surface area contributed by atoms with E-state index in [1.54, 1.807) is 31.2 Å². The number of carbonyl (C=O) groups is 2. The van der Waals surface area contributed by atoms with Crippen LogP contribution in [0.25, 0.3) is 0 Å². The Bertz CT molecular complexity index is 373. The first-order chi connectivity index (χ1) is 8.77. The fraction of sp³-hybridized carbons (Fsp3) is 0.333. The van der Waals surface area contributed by atoms with Gasteiger partial charge in [0.05, 0.1) is 5.56 Å². The molecular formula is C12H14O6. The number of hydrogen-bond donors (Lipinski definition) is 0. The zero-order valence-corrected chi connectivity index (χ0v) is 9.96. The Morgan fingerprint density at radius 1 is 1.22 bits per heavy atom. The number of esters is 1. The van der Waals surface area contributed by atoms with Crippen molar-refractivity contribution in [2.45, 2.75) is 6.92 Å². The minimum Gasteiger partial charge on any atom is -0.457 e. The lowest BCUT2D eigenvalue weighted by atomic mass is 10.2. The molecule has 0 aromatic heterocycles. The second kappa shape index (κ2) is 8.08. The second-order valence-electron chi connectivity index (χ2n) is 3.09. The lowest BCUT2D eigenvalue weighted by Crippen LogP contribution is -2.08. The first-order valence-electron chi connectivity index (χ1n) is 5.31. The SMILES string of the molecule is CCOCOC(=O)c1ccc(OCOC=O)cc1. The number of carbonyl (C=O) groups excluding carboxylic acids is 2. The predicted molar refractivity (Wildman–Crippen MR) is 61.0 cm³/mol. The van der Waals surface area contributed by atoms with Crippen LogP contribution in [0.1, 0.15) is 17.3 Å². The standard InChI is InChI=1S/C12H14O6/c1-2-15-8-18-12(14)10-3-5-11(6-4-10)17-9-16-7-13/h3-7H,2,8-9H2,1H3. The number of ether oxygens (including phenoxy) is 4. The summed E-state index contributed by atoms with van der Waals surface area (Å²) in [5.74, 6) is 0.0114. The van der Waals surface area contributed by atoms with Crippen LogP contribution in [0.2, 0.25) is 0 Å². The Kier molecular flexibility index (Phi) is 6.27. The Morgan fingerprint density at radius 2 is 1.94 bits per heavy atom. The number of hydrogen-bond acceptors (Lipinski definition) is 6. The maximum Gasteiger partial charge on any atom is 0.340 e. The molecule has 0 saturated heterocycles. The van der Waals surface area contributed by atoms with Crippen LogP contribution >= 0.6 is 0 Å². The van der Waals surface area contributed by atoms with Gasteiger partial charge in [-0.05, 0) is 31.2 Å². The lowest BCUT2D eigenvalue weighted by molar-refractivity contribution is -0.134. The molecule has 98 valence electrons. The molecule has 0 radical (unpaired) electrons. The van der Waals surface area contributed by atoms with E-state index in [2.05, 4.69) is 4.74 Å². The van der Waals surface area contributed by atoms with E-state index in [1.807, 2.05) is 0 Å². The van der Waals surface area contributed by atoms with E-state index in [9.17, 15) is 9.59 Å². The summed E-state index contributed by atoms with van der Waals surface area (Å²) in [5.41, 5.74) is 0.387. The number of benzene rings is 1. The maximum atomic E-state index is 11.5. The van der Waals surface area contributed by atoms with Gasteiger partial charge in [0.2, 0.25) is 6.79 Å². The Labute approximate surface area is 104 Å². The highest BCUT2D eigenvalue weighted by Crippen LogP contribution is 2.12. The summed E-state index contributed by atoms with van der Waals surface area (Å²) in [7, 11) is 0. The van der Waals surface area contributed by atoms with Crippen molar-refractivity contribution < 1.29 is 28.5 Å². The van der Waals surface area contributed by atoms with Crippen molar-refractivity contribution in [1.82, 2.24) is 0 Å². The van der Waals surface area contributed by atoms with Gasteiger partial charge in [-0.3, -0.25) is 4.79 Å². The van der Waals surface area contributed by atoms with Gasteiger partial charge in [-0.1, -0.05) is 0 Å². The molecule has 0 fully saturated rings. The monoisotopic (exact) mass is 254 g/mol. The molecule has 1 aromatic rings. The van der Waals surface area contributed by atoms with Gasteiger partial charge in [0.1, 0.15) is 5.75 Å². The molecule has 0 aliphatic carbocycles. The first-order valence-corrected chi connectivity index (χ1v) is 5.31. The molecule has 1 aromatic carbocycles. The van der Waals surface area contributed by atoms with Crippen LogP contribution in [0, 0.1) is 0 Å². The van der Waals surface area contributed by atoms with Crippen molar-refractivity contribution >= 4 is 12.4 Å². The maximum absolute atomic E-state index is 11.5. The van der Waals surface area contributed by atoms with Gasteiger partial charge in [0.25, 0.3) is 6.47 Å². The summed E-state index contributed by atoms with van der Waals surface area (Å²) in [6, 6.07) is 6.24. The van der Waals surface area contributed by atoms with Gasteiger partial charge in [0, 0.05) is 6.61 Å². The van der Waals surface area contributed by atoms with E-state index >= 15 is 0 Å². The van der Waals surface area contributed by atoms with Gasteiger partial charge in [-0.15, -0.1) is 0 Å². The van der Waals surface area contributed by atoms with Gasteiger partial charge < -0.3 is 18.9 Å². The summed E-state index contributed by atoms with van der Waals surface area (Å²) < 4.78 is 19.2. The van der Waals surface area contributed by atoms with Gasteiger partial charge in [-0.25, -0.2) is 4.79 Å². The normalized spacial score (nSPS) is 9.61. The highest BCUT2D eigenvalue weighted by atomic mass is 16.7. The molecule has 0 bridgehead atoms. The van der Waals surface area contributed by atoms with Crippen LogP contribution in [0.5, 0.6) is 5.75 Å². The molecule has 0 aliphatic rings. The van der Waals surface area contributed by atoms with Crippen LogP contribution < -0.4 is 4.74 Å². The molecule has 0 unspecified atom stereocenters. The Balaban J connectivity index is 2.43. The van der Waals surface area contributed by atoms with Gasteiger partial charge in [-0.2, -0.15) is 0 Å². The highest BCUT2D eigenvalue weighted by molar-refractivity contribution is 5.89. The second-order valence-corrected chi connectivity index (χ2v) is 3.09. The third-order valence-electron chi connectivity index (χ3n) is 1.93. The minimum absolute atomic E-state index is 0.0687. The third kappa shape index (κ3) is 4.84. The third-order valence-corrected chi connectivity index (χ3v) is 1.93. The fourth-order valence-corrected chi connectivity index (χ4v) is 1.08. The van der Waals surface area contributed by atoms with E-state index in [4.69, 9.17) is 14.2 Å². The molecule has 1 rings (SSSR count). The van der Waals surface area contributed by atoms with Crippen molar-refractivity contribution in [1.29, 1.82) is 0 Å². The molecule has 6 heteroatoms. The minimum atomic E-state index is -0.473. The molecule has 0 heterocycles. The van der Waals surface area contributed by atoms with Crippen molar-refractivity contribution in [3.05, 3.63) is 29.8 Å². The van der Waals surface area contributed by atoms with Crippen LogP contribution in [0.15, 0.2) is 24.3 Å². The average molecular weight is 254 g/mol. The van der Waals surface area contributed by atoms with Crippen molar-refractivity contribution in [3.8, 4) is 5.75 Å². The predicted octanol–water partition coefficient (Wildman–Crippen LogP) is 1.35. The average Bonchev–Trinajstić information content (AvgIpc) is 2.40. The van der Waals surface area contributed by atoms with Gasteiger partial charge >= 0.3 is 5.97 Å². The zero-order chi connectivity index (χ0) is 13.2. The molecule has 0 N–H and O–H groups in total. The molecule has 0 amide bonds. The molecule has 0 saturated carbocycles. The van der Waals surface area contributed by atoms with Crippen LogP contribution in [-0.4, -0.2) is 32.6 Å². The molecular weight excluding hydrogens is 240 g/mol. The van der Waals surface area contributed by atoms with E-state index in [1.165, 1.54) is 0 Å². The summed E-state index contributed by atoms with van der Waals surface area (Å²) in [6.07, 6.45) is 0. The molecule has 0 atom stereocenters. The summed E-state index contributed by atoms with van der Waals surface area (Å²) in [5, 5.41) is 0. The first kappa shape index (κ1) is 14.0. The molecule has 0 aliphatic heterocycles. The summed E-state index contributed by atoms with van der Waals surface area (Å²) in [4.78, 5) is 21.4. The Morgan fingerprint density at radius 3 is 2.56 bits per heavy atom. The summed E-state index contributed by atoms with van der Waals surface area (Å²) in [6.45, 7) is 2.34. The largest absolute Gasteiger partial charge is 0.457 e. The highest BCUT2D eigenvalue weighted by Gasteiger charge is 2.06. The van der Waals surface area contributed by atoms with E-state index < -0.39 is 5.97 Å². The van der Waals surface area contributed by atoms with Crippen molar-refractivity contribution in [2.24, 2.45) is 0 Å². The van der Waals surface area contributed by atoms with E-state index in [0.29, 0.717) is 24.4 Å². The smallest absolute Gasteiger partial charge is 0.340 e. The number of rotatable bonds is 8. The van der Waals surface area contributed by atoms with E-state index in [-0.39, 0.29) is 13.6 Å². The quantitative estimate of drug-likeness (QED) is 0.302. The van der Waals surface area contributed by atoms with Gasteiger partial charge in [0.15, 0.2) is 6.79 Å².